The highest BCUT2D eigenvalue weighted by molar-refractivity contribution is 5.95. The van der Waals surface area contributed by atoms with Crippen LogP contribution in [0.4, 0.5) is 0 Å². The Morgan fingerprint density at radius 2 is 2.16 bits per heavy atom. The first kappa shape index (κ1) is 14.1. The predicted molar refractivity (Wildman–Crippen MR) is 78.5 cm³/mol. The highest BCUT2D eigenvalue weighted by Gasteiger charge is 2.23. The Hall–Kier alpha value is -1.35. The lowest BCUT2D eigenvalue weighted by Crippen LogP contribution is -2.33. The summed E-state index contributed by atoms with van der Waals surface area (Å²) in [5.41, 5.74) is 3.12. The quantitative estimate of drug-likeness (QED) is 0.833. The van der Waals surface area contributed by atoms with Gasteiger partial charge >= 0.3 is 0 Å². The van der Waals surface area contributed by atoms with Gasteiger partial charge in [0.05, 0.1) is 0 Å². The van der Waals surface area contributed by atoms with Gasteiger partial charge in [-0.15, -0.1) is 0 Å². The molecule has 0 saturated carbocycles. The molecule has 1 amide bonds. The predicted octanol–water partition coefficient (Wildman–Crippen LogP) is 2.33. The van der Waals surface area contributed by atoms with Crippen molar-refractivity contribution in [1.82, 2.24) is 9.80 Å². The molecule has 1 heterocycles. The monoisotopic (exact) mass is 260 g/mol. The maximum absolute atomic E-state index is 12.5. The summed E-state index contributed by atoms with van der Waals surface area (Å²) in [4.78, 5) is 16.7. The van der Waals surface area contributed by atoms with E-state index in [1.54, 1.807) is 0 Å². The summed E-state index contributed by atoms with van der Waals surface area (Å²) in [5, 5.41) is 0. The zero-order valence-electron chi connectivity index (χ0n) is 12.4. The topological polar surface area (TPSA) is 23.6 Å². The summed E-state index contributed by atoms with van der Waals surface area (Å²) in [6, 6.07) is 5.95. The Balaban J connectivity index is 2.04. The van der Waals surface area contributed by atoms with E-state index in [-0.39, 0.29) is 5.91 Å². The Bertz CT molecular complexity index is 470. The number of likely N-dealkylation sites (tertiary alicyclic amines) is 1. The average Bonchev–Trinajstić information content (AvgIpc) is 2.77. The van der Waals surface area contributed by atoms with Crippen molar-refractivity contribution in [3.05, 3.63) is 34.9 Å². The zero-order valence-corrected chi connectivity index (χ0v) is 12.4. The SMILES string of the molecule is Cc1cccc(C(=O)N(C)C[C@@H]2CCN(C)C2)c1C. The smallest absolute Gasteiger partial charge is 0.253 e. The molecule has 1 saturated heterocycles. The van der Waals surface area contributed by atoms with Gasteiger partial charge in [0.1, 0.15) is 0 Å². The lowest BCUT2D eigenvalue weighted by Gasteiger charge is -2.22. The fourth-order valence-electron chi connectivity index (χ4n) is 2.83. The molecule has 1 atom stereocenters. The number of hydrogen-bond donors (Lipinski definition) is 0. The molecule has 2 rings (SSSR count). The second-order valence-electron chi connectivity index (χ2n) is 5.85. The number of amides is 1. The summed E-state index contributed by atoms with van der Waals surface area (Å²) >= 11 is 0. The van der Waals surface area contributed by atoms with E-state index >= 15 is 0 Å². The van der Waals surface area contributed by atoms with Crippen LogP contribution < -0.4 is 0 Å². The average molecular weight is 260 g/mol. The van der Waals surface area contributed by atoms with Crippen LogP contribution >= 0.6 is 0 Å². The van der Waals surface area contributed by atoms with Crippen LogP contribution in [-0.2, 0) is 0 Å². The highest BCUT2D eigenvalue weighted by atomic mass is 16.2. The van der Waals surface area contributed by atoms with Gasteiger partial charge in [0.25, 0.3) is 5.91 Å². The summed E-state index contributed by atoms with van der Waals surface area (Å²) < 4.78 is 0. The first-order valence-corrected chi connectivity index (χ1v) is 6.99. The molecular weight excluding hydrogens is 236 g/mol. The molecular formula is C16H24N2O. The Labute approximate surface area is 116 Å². The van der Waals surface area contributed by atoms with Crippen LogP contribution in [0.2, 0.25) is 0 Å². The van der Waals surface area contributed by atoms with Crippen molar-refractivity contribution in [3.8, 4) is 0 Å². The molecule has 0 spiro atoms. The third kappa shape index (κ3) is 3.16. The van der Waals surface area contributed by atoms with E-state index in [4.69, 9.17) is 0 Å². The van der Waals surface area contributed by atoms with E-state index in [1.807, 2.05) is 31.0 Å². The lowest BCUT2D eigenvalue weighted by molar-refractivity contribution is 0.0773. The molecule has 0 bridgehead atoms. The van der Waals surface area contributed by atoms with Gasteiger partial charge in [-0.1, -0.05) is 12.1 Å². The van der Waals surface area contributed by atoms with Crippen molar-refractivity contribution >= 4 is 5.91 Å². The van der Waals surface area contributed by atoms with Gasteiger partial charge in [-0.2, -0.15) is 0 Å². The molecule has 0 N–H and O–H groups in total. The Morgan fingerprint density at radius 3 is 2.79 bits per heavy atom. The van der Waals surface area contributed by atoms with E-state index in [2.05, 4.69) is 24.9 Å². The first-order valence-electron chi connectivity index (χ1n) is 6.99. The maximum atomic E-state index is 12.5. The lowest BCUT2D eigenvalue weighted by atomic mass is 10.0. The minimum Gasteiger partial charge on any atom is -0.341 e. The van der Waals surface area contributed by atoms with Crippen LogP contribution in [0.25, 0.3) is 0 Å². The van der Waals surface area contributed by atoms with E-state index in [1.165, 1.54) is 12.0 Å². The van der Waals surface area contributed by atoms with Crippen LogP contribution in [0.5, 0.6) is 0 Å². The molecule has 1 aliphatic rings. The summed E-state index contributed by atoms with van der Waals surface area (Å²) in [7, 11) is 4.06. The molecule has 1 fully saturated rings. The zero-order chi connectivity index (χ0) is 14.0. The molecule has 0 aliphatic carbocycles. The molecule has 3 nitrogen and oxygen atoms in total. The van der Waals surface area contributed by atoms with Crippen molar-refractivity contribution < 1.29 is 4.79 Å². The van der Waals surface area contributed by atoms with Crippen LogP contribution in [-0.4, -0.2) is 49.4 Å². The van der Waals surface area contributed by atoms with Crippen LogP contribution in [0.1, 0.15) is 27.9 Å². The second-order valence-corrected chi connectivity index (χ2v) is 5.85. The van der Waals surface area contributed by atoms with E-state index in [0.717, 1.165) is 30.8 Å². The fourth-order valence-corrected chi connectivity index (χ4v) is 2.83. The van der Waals surface area contributed by atoms with Crippen molar-refractivity contribution in [2.45, 2.75) is 20.3 Å². The number of nitrogens with zero attached hydrogens (tertiary/aromatic N) is 2. The van der Waals surface area contributed by atoms with E-state index < -0.39 is 0 Å². The van der Waals surface area contributed by atoms with Crippen molar-refractivity contribution in [1.29, 1.82) is 0 Å². The normalized spacial score (nSPS) is 19.7. The van der Waals surface area contributed by atoms with Crippen molar-refractivity contribution in [2.24, 2.45) is 5.92 Å². The molecule has 0 unspecified atom stereocenters. The third-order valence-electron chi connectivity index (χ3n) is 4.20. The minimum absolute atomic E-state index is 0.149. The molecule has 0 radical (unpaired) electrons. The molecule has 104 valence electrons. The first-order chi connectivity index (χ1) is 8.99. The summed E-state index contributed by atoms with van der Waals surface area (Å²) in [6.07, 6.45) is 1.20. The Morgan fingerprint density at radius 1 is 1.42 bits per heavy atom. The van der Waals surface area contributed by atoms with Crippen LogP contribution in [0, 0.1) is 19.8 Å². The van der Waals surface area contributed by atoms with Gasteiger partial charge < -0.3 is 9.80 Å². The van der Waals surface area contributed by atoms with Gasteiger partial charge in [0.2, 0.25) is 0 Å². The summed E-state index contributed by atoms with van der Waals surface area (Å²) in [5.74, 6) is 0.764. The van der Waals surface area contributed by atoms with Gasteiger partial charge in [-0.25, -0.2) is 0 Å². The number of carbonyl (C=O) groups is 1. The molecule has 1 aromatic rings. The van der Waals surface area contributed by atoms with E-state index in [0.29, 0.717) is 5.92 Å². The molecule has 19 heavy (non-hydrogen) atoms. The van der Waals surface area contributed by atoms with Crippen LogP contribution in [0.15, 0.2) is 18.2 Å². The third-order valence-corrected chi connectivity index (χ3v) is 4.20. The number of rotatable bonds is 3. The minimum atomic E-state index is 0.149. The van der Waals surface area contributed by atoms with Gasteiger partial charge in [0, 0.05) is 25.7 Å². The maximum Gasteiger partial charge on any atom is 0.253 e. The largest absolute Gasteiger partial charge is 0.341 e. The molecule has 1 aliphatic heterocycles. The van der Waals surface area contributed by atoms with Gasteiger partial charge in [-0.3, -0.25) is 4.79 Å². The molecule has 1 aromatic carbocycles. The number of aryl methyl sites for hydroxylation is 1. The fraction of sp³-hybridized carbons (Fsp3) is 0.562. The number of hydrogen-bond acceptors (Lipinski definition) is 2. The number of benzene rings is 1. The molecule has 0 aromatic heterocycles. The standard InChI is InChI=1S/C16H24N2O/c1-12-6-5-7-15(13(12)2)16(19)18(4)11-14-8-9-17(3)10-14/h5-7,14H,8-11H2,1-4H3/t14-/m1/s1. The van der Waals surface area contributed by atoms with Gasteiger partial charge in [-0.05, 0) is 57.0 Å². The van der Waals surface area contributed by atoms with Crippen molar-refractivity contribution in [3.63, 3.8) is 0 Å². The summed E-state index contributed by atoms with van der Waals surface area (Å²) in [6.45, 7) is 7.19. The Kier molecular flexibility index (Phi) is 4.25. The van der Waals surface area contributed by atoms with Crippen molar-refractivity contribution in [2.75, 3.05) is 33.7 Å². The molecule has 3 heteroatoms. The van der Waals surface area contributed by atoms with E-state index in [9.17, 15) is 4.79 Å². The van der Waals surface area contributed by atoms with Crippen LogP contribution in [0.3, 0.4) is 0 Å². The van der Waals surface area contributed by atoms with Gasteiger partial charge in [0.15, 0.2) is 0 Å². The second kappa shape index (κ2) is 5.74. The number of carbonyl (C=O) groups excluding carboxylic acids is 1. The highest BCUT2D eigenvalue weighted by Crippen LogP contribution is 2.18.